The number of benzene rings is 1. The van der Waals surface area contributed by atoms with Crippen molar-refractivity contribution in [3.8, 4) is 23.8 Å². The summed E-state index contributed by atoms with van der Waals surface area (Å²) in [6.07, 6.45) is 6.09. The lowest BCUT2D eigenvalue weighted by Crippen LogP contribution is -2.30. The van der Waals surface area contributed by atoms with Crippen molar-refractivity contribution in [2.75, 3.05) is 32.1 Å². The molecule has 1 aromatic rings. The quantitative estimate of drug-likeness (QED) is 0.353. The summed E-state index contributed by atoms with van der Waals surface area (Å²) < 4.78 is 11.2. The molecule has 0 saturated carbocycles. The highest BCUT2D eigenvalue weighted by Gasteiger charge is 2.11. The molecule has 1 heterocycles. The van der Waals surface area contributed by atoms with Gasteiger partial charge < -0.3 is 20.1 Å². The molecule has 0 spiro atoms. The molecule has 6 heteroatoms. The zero-order chi connectivity index (χ0) is 13.5. The van der Waals surface area contributed by atoms with Crippen LogP contribution in [0.3, 0.4) is 0 Å². The lowest BCUT2D eigenvalue weighted by Gasteiger charge is -2.12. The van der Waals surface area contributed by atoms with Crippen LogP contribution in [-0.2, 0) is 0 Å². The maximum atomic E-state index is 5.63. The van der Waals surface area contributed by atoms with Gasteiger partial charge in [0.1, 0.15) is 0 Å². The van der Waals surface area contributed by atoms with Crippen LogP contribution >= 0.6 is 24.0 Å². The van der Waals surface area contributed by atoms with E-state index in [-0.39, 0.29) is 24.0 Å². The van der Waals surface area contributed by atoms with Gasteiger partial charge in [0.25, 0.3) is 0 Å². The van der Waals surface area contributed by atoms with Crippen molar-refractivity contribution in [2.45, 2.75) is 6.42 Å². The number of anilines is 1. The lowest BCUT2D eigenvalue weighted by atomic mass is 10.3. The highest BCUT2D eigenvalue weighted by atomic mass is 127. The van der Waals surface area contributed by atoms with Crippen LogP contribution in [0.5, 0.6) is 11.5 Å². The summed E-state index contributed by atoms with van der Waals surface area (Å²) in [4.78, 5) is 4.08. The summed E-state index contributed by atoms with van der Waals surface area (Å²) in [5.74, 6) is 4.64. The van der Waals surface area contributed by atoms with E-state index < -0.39 is 0 Å². The minimum absolute atomic E-state index is 0. The fourth-order valence-corrected chi connectivity index (χ4v) is 1.69. The van der Waals surface area contributed by atoms with Crippen LogP contribution in [0.25, 0.3) is 0 Å². The minimum Gasteiger partial charge on any atom is -0.490 e. The number of aliphatic imine (C=N–C) groups is 1. The summed E-state index contributed by atoms with van der Waals surface area (Å²) in [6, 6.07) is 5.69. The van der Waals surface area contributed by atoms with Crippen molar-refractivity contribution in [1.29, 1.82) is 0 Å². The molecule has 0 fully saturated rings. The molecule has 108 valence electrons. The maximum Gasteiger partial charge on any atom is 0.196 e. The van der Waals surface area contributed by atoms with Gasteiger partial charge in [0, 0.05) is 25.2 Å². The third kappa shape index (κ3) is 4.49. The van der Waals surface area contributed by atoms with Crippen LogP contribution < -0.4 is 20.1 Å². The Hall–Kier alpha value is -1.62. The van der Waals surface area contributed by atoms with Crippen molar-refractivity contribution in [3.05, 3.63) is 18.2 Å². The predicted octanol–water partition coefficient (Wildman–Crippen LogP) is 2.09. The Bertz CT molecular complexity index is 512. The summed E-state index contributed by atoms with van der Waals surface area (Å²) in [6.45, 7) is 1.77. The zero-order valence-corrected chi connectivity index (χ0v) is 13.6. The van der Waals surface area contributed by atoms with Crippen molar-refractivity contribution < 1.29 is 9.47 Å². The second kappa shape index (κ2) is 8.53. The fourth-order valence-electron chi connectivity index (χ4n) is 1.69. The van der Waals surface area contributed by atoms with Crippen molar-refractivity contribution in [3.63, 3.8) is 0 Å². The average Bonchev–Trinajstić information content (AvgIpc) is 2.68. The molecule has 1 aliphatic heterocycles. The van der Waals surface area contributed by atoms with Gasteiger partial charge in [0.15, 0.2) is 17.5 Å². The summed E-state index contributed by atoms with van der Waals surface area (Å²) >= 11 is 0. The van der Waals surface area contributed by atoms with Gasteiger partial charge in [0.2, 0.25) is 0 Å². The number of halogens is 1. The standard InChI is InChI=1S/C14H17N3O2.HI/c1-3-7-16-14(15-2)17-11-5-6-12-13(10-11)19-9-4-8-18-12;/h1,5-6,10H,4,7-9H2,2H3,(H2,15,16,17);1H. The number of rotatable bonds is 2. The van der Waals surface area contributed by atoms with Crippen LogP contribution in [-0.4, -0.2) is 32.8 Å². The maximum absolute atomic E-state index is 5.63. The average molecular weight is 387 g/mol. The van der Waals surface area contributed by atoms with E-state index in [1.165, 1.54) is 0 Å². The molecule has 20 heavy (non-hydrogen) atoms. The van der Waals surface area contributed by atoms with Crippen LogP contribution in [0.1, 0.15) is 6.42 Å². The van der Waals surface area contributed by atoms with Crippen LogP contribution in [0.2, 0.25) is 0 Å². The van der Waals surface area contributed by atoms with Gasteiger partial charge in [-0.2, -0.15) is 0 Å². The Balaban J connectivity index is 0.00000200. The van der Waals surface area contributed by atoms with Gasteiger partial charge in [-0.15, -0.1) is 30.4 Å². The lowest BCUT2D eigenvalue weighted by molar-refractivity contribution is 0.297. The Morgan fingerprint density at radius 1 is 1.35 bits per heavy atom. The number of hydrogen-bond acceptors (Lipinski definition) is 3. The summed E-state index contributed by atoms with van der Waals surface area (Å²) in [7, 11) is 1.69. The smallest absolute Gasteiger partial charge is 0.196 e. The van der Waals surface area contributed by atoms with Crippen molar-refractivity contribution >= 4 is 35.6 Å². The third-order valence-electron chi connectivity index (χ3n) is 2.59. The van der Waals surface area contributed by atoms with Crippen molar-refractivity contribution in [1.82, 2.24) is 5.32 Å². The molecule has 5 nitrogen and oxygen atoms in total. The fraction of sp³-hybridized carbons (Fsp3) is 0.357. The second-order valence-corrected chi connectivity index (χ2v) is 3.97. The highest BCUT2D eigenvalue weighted by Crippen LogP contribution is 2.32. The molecule has 0 amide bonds. The van der Waals surface area contributed by atoms with Gasteiger partial charge in [-0.25, -0.2) is 0 Å². The van der Waals surface area contributed by atoms with Crippen LogP contribution in [0.4, 0.5) is 5.69 Å². The van der Waals surface area contributed by atoms with E-state index in [4.69, 9.17) is 15.9 Å². The van der Waals surface area contributed by atoms with Gasteiger partial charge in [-0.1, -0.05) is 5.92 Å². The SMILES string of the molecule is C#CCNC(=NC)Nc1ccc2c(c1)OCCCO2.I. The molecular formula is C14H18IN3O2. The first kappa shape index (κ1) is 16.4. The van der Waals surface area contributed by atoms with Crippen LogP contribution in [0.15, 0.2) is 23.2 Å². The largest absolute Gasteiger partial charge is 0.490 e. The first-order valence-corrected chi connectivity index (χ1v) is 6.14. The topological polar surface area (TPSA) is 54.9 Å². The Morgan fingerprint density at radius 3 is 2.80 bits per heavy atom. The molecule has 0 radical (unpaired) electrons. The third-order valence-corrected chi connectivity index (χ3v) is 2.59. The zero-order valence-electron chi connectivity index (χ0n) is 11.3. The number of hydrogen-bond donors (Lipinski definition) is 2. The molecule has 1 aliphatic rings. The van der Waals surface area contributed by atoms with E-state index in [2.05, 4.69) is 21.5 Å². The molecule has 2 rings (SSSR count). The summed E-state index contributed by atoms with van der Waals surface area (Å²) in [5, 5.41) is 6.13. The first-order valence-electron chi connectivity index (χ1n) is 6.14. The van der Waals surface area contributed by atoms with Gasteiger partial charge >= 0.3 is 0 Å². The monoisotopic (exact) mass is 387 g/mol. The minimum atomic E-state index is 0. The normalized spacial score (nSPS) is 13.5. The van der Waals surface area contributed by atoms with E-state index in [1.807, 2.05) is 18.2 Å². The molecule has 0 atom stereocenters. The molecule has 0 unspecified atom stereocenters. The number of fused-ring (bicyclic) bond motifs is 1. The van der Waals surface area contributed by atoms with Crippen molar-refractivity contribution in [2.24, 2.45) is 4.99 Å². The summed E-state index contributed by atoms with van der Waals surface area (Å²) in [5.41, 5.74) is 0.870. The number of guanidine groups is 1. The van der Waals surface area contributed by atoms with E-state index in [0.29, 0.717) is 25.7 Å². The van der Waals surface area contributed by atoms with Gasteiger partial charge in [-0.05, 0) is 12.1 Å². The Morgan fingerprint density at radius 2 is 2.10 bits per heavy atom. The number of terminal acetylenes is 1. The molecule has 0 aliphatic carbocycles. The molecular weight excluding hydrogens is 369 g/mol. The van der Waals surface area contributed by atoms with E-state index in [1.54, 1.807) is 7.05 Å². The Labute approximate surface area is 136 Å². The van der Waals surface area contributed by atoms with E-state index >= 15 is 0 Å². The molecule has 2 N–H and O–H groups in total. The predicted molar refractivity (Wildman–Crippen MR) is 91.3 cm³/mol. The van der Waals surface area contributed by atoms with E-state index in [9.17, 15) is 0 Å². The van der Waals surface area contributed by atoms with Gasteiger partial charge in [0.05, 0.1) is 19.8 Å². The number of ether oxygens (including phenoxy) is 2. The highest BCUT2D eigenvalue weighted by molar-refractivity contribution is 14.0. The Kier molecular flexibility index (Phi) is 7.01. The molecule has 1 aromatic carbocycles. The first-order chi connectivity index (χ1) is 9.33. The van der Waals surface area contributed by atoms with Crippen LogP contribution in [0, 0.1) is 12.3 Å². The second-order valence-electron chi connectivity index (χ2n) is 3.97. The molecule has 0 bridgehead atoms. The molecule has 0 saturated heterocycles. The van der Waals surface area contributed by atoms with E-state index in [0.717, 1.165) is 23.6 Å². The molecule has 0 aromatic heterocycles. The number of nitrogens with one attached hydrogen (secondary N) is 2. The van der Waals surface area contributed by atoms with Gasteiger partial charge in [-0.3, -0.25) is 4.99 Å². The number of nitrogens with zero attached hydrogens (tertiary/aromatic N) is 1.